The number of hydrogen-bond donors (Lipinski definition) is 0. The highest BCUT2D eigenvalue weighted by Gasteiger charge is 2.52. The van der Waals surface area contributed by atoms with Gasteiger partial charge in [-0.15, -0.1) is 0 Å². The summed E-state index contributed by atoms with van der Waals surface area (Å²) < 4.78 is 5.19. The molecule has 152 valence electrons. The highest BCUT2D eigenvalue weighted by molar-refractivity contribution is 6.03. The molecule has 0 N–H and O–H groups in total. The molecule has 2 aliphatic heterocycles. The van der Waals surface area contributed by atoms with Gasteiger partial charge in [0.2, 0.25) is 5.91 Å². The summed E-state index contributed by atoms with van der Waals surface area (Å²) in [6.45, 7) is 3.41. The van der Waals surface area contributed by atoms with Crippen LogP contribution in [0.2, 0.25) is 0 Å². The molecule has 4 rings (SSSR count). The fourth-order valence-electron chi connectivity index (χ4n) is 4.70. The van der Waals surface area contributed by atoms with E-state index in [2.05, 4.69) is 0 Å². The molecule has 2 aromatic carbocycles. The topological polar surface area (TPSA) is 49.9 Å². The number of piperidine rings is 1. The van der Waals surface area contributed by atoms with Crippen LogP contribution in [-0.4, -0.2) is 42.5 Å². The van der Waals surface area contributed by atoms with Crippen LogP contribution in [0.25, 0.3) is 0 Å². The molecule has 2 fully saturated rings. The minimum atomic E-state index is -0.688. The second-order valence-electron chi connectivity index (χ2n) is 8.10. The van der Waals surface area contributed by atoms with Crippen molar-refractivity contribution in [2.24, 2.45) is 0 Å². The number of likely N-dealkylation sites (tertiary alicyclic amines) is 1. The highest BCUT2D eigenvalue weighted by Crippen LogP contribution is 2.40. The summed E-state index contributed by atoms with van der Waals surface area (Å²) in [6.07, 6.45) is 3.60. The van der Waals surface area contributed by atoms with Gasteiger partial charge in [-0.1, -0.05) is 29.8 Å². The van der Waals surface area contributed by atoms with Crippen LogP contribution >= 0.6 is 0 Å². The maximum absolute atomic E-state index is 13.6. The number of benzene rings is 2. The van der Waals surface area contributed by atoms with E-state index in [1.807, 2.05) is 65.3 Å². The van der Waals surface area contributed by atoms with Crippen molar-refractivity contribution < 1.29 is 14.3 Å². The highest BCUT2D eigenvalue weighted by atomic mass is 16.5. The number of methoxy groups -OCH3 is 1. The van der Waals surface area contributed by atoms with Gasteiger partial charge in [-0.2, -0.15) is 0 Å². The molecule has 1 unspecified atom stereocenters. The van der Waals surface area contributed by atoms with E-state index in [9.17, 15) is 9.59 Å². The summed E-state index contributed by atoms with van der Waals surface area (Å²) in [5.74, 6) is 0.884. The third kappa shape index (κ3) is 3.61. The van der Waals surface area contributed by atoms with E-state index in [4.69, 9.17) is 4.74 Å². The van der Waals surface area contributed by atoms with Crippen molar-refractivity contribution in [2.45, 2.75) is 44.6 Å². The molecule has 2 aliphatic rings. The van der Waals surface area contributed by atoms with Crippen LogP contribution in [0.4, 0.5) is 5.69 Å². The minimum Gasteiger partial charge on any atom is -0.497 e. The zero-order valence-electron chi connectivity index (χ0n) is 17.2. The van der Waals surface area contributed by atoms with Crippen molar-refractivity contribution in [3.05, 3.63) is 59.7 Å². The average molecular weight is 392 g/mol. The Labute approximate surface area is 172 Å². The molecule has 2 heterocycles. The van der Waals surface area contributed by atoms with Crippen LogP contribution in [0.15, 0.2) is 48.5 Å². The lowest BCUT2D eigenvalue weighted by molar-refractivity contribution is -0.144. The fourth-order valence-corrected chi connectivity index (χ4v) is 4.70. The molecule has 5 nitrogen and oxygen atoms in total. The first-order chi connectivity index (χ1) is 14.0. The van der Waals surface area contributed by atoms with Crippen molar-refractivity contribution in [2.75, 3.05) is 25.1 Å². The second-order valence-corrected chi connectivity index (χ2v) is 8.10. The Morgan fingerprint density at radius 2 is 1.66 bits per heavy atom. The predicted octanol–water partition coefficient (Wildman–Crippen LogP) is 3.73. The number of rotatable bonds is 4. The first-order valence-electron chi connectivity index (χ1n) is 10.4. The van der Waals surface area contributed by atoms with Crippen molar-refractivity contribution >= 4 is 17.5 Å². The van der Waals surface area contributed by atoms with Gasteiger partial charge < -0.3 is 14.5 Å². The number of hydrogen-bond acceptors (Lipinski definition) is 3. The molecular weight excluding hydrogens is 364 g/mol. The van der Waals surface area contributed by atoms with E-state index in [1.165, 1.54) is 5.56 Å². The van der Waals surface area contributed by atoms with Gasteiger partial charge in [-0.05, 0) is 62.4 Å². The molecule has 1 spiro atoms. The van der Waals surface area contributed by atoms with Gasteiger partial charge >= 0.3 is 0 Å². The number of carbonyl (C=O) groups is 2. The van der Waals surface area contributed by atoms with Crippen LogP contribution < -0.4 is 9.64 Å². The van der Waals surface area contributed by atoms with Crippen LogP contribution in [0.5, 0.6) is 5.75 Å². The van der Waals surface area contributed by atoms with Gasteiger partial charge in [0.05, 0.1) is 13.5 Å². The maximum atomic E-state index is 13.6. The van der Waals surface area contributed by atoms with Gasteiger partial charge in [0.25, 0.3) is 5.91 Å². The Hall–Kier alpha value is -2.82. The normalized spacial score (nSPS) is 21.7. The number of aryl methyl sites for hydroxylation is 1. The monoisotopic (exact) mass is 392 g/mol. The summed E-state index contributed by atoms with van der Waals surface area (Å²) in [5, 5.41) is 0. The summed E-state index contributed by atoms with van der Waals surface area (Å²) in [7, 11) is 1.63. The third-order valence-electron chi connectivity index (χ3n) is 6.27. The maximum Gasteiger partial charge on any atom is 0.252 e. The zero-order chi connectivity index (χ0) is 20.4. The van der Waals surface area contributed by atoms with E-state index in [1.54, 1.807) is 7.11 Å². The van der Waals surface area contributed by atoms with E-state index >= 15 is 0 Å². The summed E-state index contributed by atoms with van der Waals surface area (Å²) in [6, 6.07) is 15.6. The lowest BCUT2D eigenvalue weighted by Crippen LogP contribution is -2.61. The third-order valence-corrected chi connectivity index (χ3v) is 6.27. The van der Waals surface area contributed by atoms with Crippen LogP contribution in [0, 0.1) is 6.92 Å². The smallest absolute Gasteiger partial charge is 0.252 e. The van der Waals surface area contributed by atoms with Crippen molar-refractivity contribution in [1.82, 2.24) is 4.90 Å². The van der Waals surface area contributed by atoms with Crippen LogP contribution in [0.1, 0.15) is 36.8 Å². The Morgan fingerprint density at radius 1 is 1.00 bits per heavy atom. The molecule has 5 heteroatoms. The molecule has 29 heavy (non-hydrogen) atoms. The molecule has 0 aliphatic carbocycles. The summed E-state index contributed by atoms with van der Waals surface area (Å²) in [5.41, 5.74) is 2.35. The van der Waals surface area contributed by atoms with Crippen molar-refractivity contribution in [3.8, 4) is 5.75 Å². The summed E-state index contributed by atoms with van der Waals surface area (Å²) >= 11 is 0. The summed E-state index contributed by atoms with van der Waals surface area (Å²) in [4.78, 5) is 30.5. The first kappa shape index (κ1) is 19.5. The molecule has 1 atom stereocenters. The van der Waals surface area contributed by atoms with Crippen molar-refractivity contribution in [3.63, 3.8) is 0 Å². The molecule has 0 saturated carbocycles. The van der Waals surface area contributed by atoms with Gasteiger partial charge in [-0.25, -0.2) is 0 Å². The van der Waals surface area contributed by atoms with Gasteiger partial charge in [-0.3, -0.25) is 9.59 Å². The Bertz CT molecular complexity index is 891. The molecule has 2 saturated heterocycles. The standard InChI is InChI=1S/C24H28N2O3/c1-18-5-9-20(10-6-18)25-15-3-13-24(23(25)28)14-4-16-26(24)22(27)17-19-7-11-21(29-2)12-8-19/h5-12H,3-4,13-17H2,1-2H3. The number of nitrogens with zero attached hydrogens (tertiary/aromatic N) is 2. The van der Waals surface area contributed by atoms with E-state index in [-0.39, 0.29) is 11.8 Å². The van der Waals surface area contributed by atoms with Gasteiger partial charge in [0.1, 0.15) is 11.3 Å². The van der Waals surface area contributed by atoms with E-state index < -0.39 is 5.54 Å². The van der Waals surface area contributed by atoms with Crippen LogP contribution in [-0.2, 0) is 16.0 Å². The zero-order valence-corrected chi connectivity index (χ0v) is 17.2. The lowest BCUT2D eigenvalue weighted by atomic mass is 9.84. The second kappa shape index (κ2) is 7.90. The van der Waals surface area contributed by atoms with Gasteiger partial charge in [0, 0.05) is 18.8 Å². The number of amides is 2. The van der Waals surface area contributed by atoms with Gasteiger partial charge in [0.15, 0.2) is 0 Å². The average Bonchev–Trinajstić information content (AvgIpc) is 3.16. The number of carbonyl (C=O) groups excluding carboxylic acids is 2. The predicted molar refractivity (Wildman–Crippen MR) is 113 cm³/mol. The largest absolute Gasteiger partial charge is 0.497 e. The van der Waals surface area contributed by atoms with Crippen molar-refractivity contribution in [1.29, 1.82) is 0 Å². The Balaban J connectivity index is 1.55. The molecule has 2 aromatic rings. The van der Waals surface area contributed by atoms with Crippen LogP contribution in [0.3, 0.4) is 0 Å². The lowest BCUT2D eigenvalue weighted by Gasteiger charge is -2.44. The number of ether oxygens (including phenoxy) is 1. The molecular formula is C24H28N2O3. The molecule has 2 amide bonds. The SMILES string of the molecule is COc1ccc(CC(=O)N2CCCC23CCCN(c2ccc(C)cc2)C3=O)cc1. The quantitative estimate of drug-likeness (QED) is 0.797. The number of anilines is 1. The minimum absolute atomic E-state index is 0.0340. The molecule has 0 radical (unpaired) electrons. The molecule has 0 bridgehead atoms. The first-order valence-corrected chi connectivity index (χ1v) is 10.4. The fraction of sp³-hybridized carbons (Fsp3) is 0.417. The van der Waals surface area contributed by atoms with E-state index in [0.717, 1.165) is 42.7 Å². The Kier molecular flexibility index (Phi) is 5.31. The molecule has 0 aromatic heterocycles. The Morgan fingerprint density at radius 3 is 2.31 bits per heavy atom. The van der Waals surface area contributed by atoms with E-state index in [0.29, 0.717) is 19.5 Å².